The van der Waals surface area contributed by atoms with E-state index in [0.717, 1.165) is 24.0 Å². The van der Waals surface area contributed by atoms with Crippen molar-refractivity contribution in [1.29, 1.82) is 0 Å². The van der Waals surface area contributed by atoms with Crippen LogP contribution in [0, 0.1) is 0 Å². The summed E-state index contributed by atoms with van der Waals surface area (Å²) in [4.78, 5) is 16.8. The number of amides is 2. The zero-order chi connectivity index (χ0) is 10.8. The van der Waals surface area contributed by atoms with Gasteiger partial charge in [-0.25, -0.2) is 9.78 Å². The van der Waals surface area contributed by atoms with E-state index in [-0.39, 0.29) is 6.61 Å². The lowest BCUT2D eigenvalue weighted by atomic mass is 10.0. The van der Waals surface area contributed by atoms with Crippen molar-refractivity contribution in [1.82, 2.24) is 4.98 Å². The van der Waals surface area contributed by atoms with Crippen molar-refractivity contribution in [3.8, 4) is 0 Å². The fourth-order valence-electron chi connectivity index (χ4n) is 1.81. The number of fused-ring (bicyclic) bond motifs is 1. The summed E-state index contributed by atoms with van der Waals surface area (Å²) < 4.78 is 0. The molecule has 1 aromatic heterocycles. The Morgan fingerprint density at radius 2 is 2.47 bits per heavy atom. The fourth-order valence-corrected chi connectivity index (χ4v) is 1.81. The number of hydrogen-bond donors (Lipinski definition) is 2. The quantitative estimate of drug-likeness (QED) is 0.699. The summed E-state index contributed by atoms with van der Waals surface area (Å²) in [6.07, 6.45) is 3.33. The highest BCUT2D eigenvalue weighted by atomic mass is 16.3. The Morgan fingerprint density at radius 1 is 1.67 bits per heavy atom. The van der Waals surface area contributed by atoms with E-state index in [9.17, 15) is 4.79 Å². The van der Waals surface area contributed by atoms with E-state index in [0.29, 0.717) is 12.4 Å². The monoisotopic (exact) mass is 207 g/mol. The first-order valence-corrected chi connectivity index (χ1v) is 4.88. The van der Waals surface area contributed by atoms with Crippen LogP contribution in [0.5, 0.6) is 0 Å². The van der Waals surface area contributed by atoms with Crippen molar-refractivity contribution in [2.75, 3.05) is 11.4 Å². The number of urea groups is 1. The molecule has 3 N–H and O–H groups in total. The Labute approximate surface area is 87.5 Å². The van der Waals surface area contributed by atoms with Crippen LogP contribution < -0.4 is 10.6 Å². The van der Waals surface area contributed by atoms with E-state index in [1.165, 1.54) is 4.90 Å². The summed E-state index contributed by atoms with van der Waals surface area (Å²) in [5, 5.41) is 8.97. The van der Waals surface area contributed by atoms with Gasteiger partial charge in [-0.05, 0) is 30.0 Å². The SMILES string of the molecule is NC(=O)N1CCCc2cc(CO)cnc21. The molecule has 0 saturated carbocycles. The van der Waals surface area contributed by atoms with Crippen LogP contribution in [-0.2, 0) is 13.0 Å². The van der Waals surface area contributed by atoms with Gasteiger partial charge in [-0.15, -0.1) is 0 Å². The van der Waals surface area contributed by atoms with Gasteiger partial charge in [-0.3, -0.25) is 4.90 Å². The van der Waals surface area contributed by atoms with Crippen LogP contribution in [0.25, 0.3) is 0 Å². The van der Waals surface area contributed by atoms with Crippen LogP contribution in [0.2, 0.25) is 0 Å². The predicted molar refractivity (Wildman–Crippen MR) is 55.4 cm³/mol. The van der Waals surface area contributed by atoms with Gasteiger partial charge in [0.1, 0.15) is 5.82 Å². The normalized spacial score (nSPS) is 14.9. The Hall–Kier alpha value is -1.62. The first kappa shape index (κ1) is 9.92. The molecule has 0 atom stereocenters. The van der Waals surface area contributed by atoms with Crippen molar-refractivity contribution in [2.45, 2.75) is 19.4 Å². The van der Waals surface area contributed by atoms with E-state index in [1.54, 1.807) is 6.20 Å². The van der Waals surface area contributed by atoms with Crippen LogP contribution in [-0.4, -0.2) is 22.7 Å². The molecule has 5 nitrogen and oxygen atoms in total. The highest BCUT2D eigenvalue weighted by Gasteiger charge is 2.21. The molecule has 0 aliphatic carbocycles. The molecule has 15 heavy (non-hydrogen) atoms. The molecule has 2 heterocycles. The van der Waals surface area contributed by atoms with Crippen LogP contribution in [0.1, 0.15) is 17.5 Å². The summed E-state index contributed by atoms with van der Waals surface area (Å²) in [7, 11) is 0. The molecule has 0 fully saturated rings. The maximum atomic E-state index is 11.1. The van der Waals surface area contributed by atoms with Gasteiger partial charge >= 0.3 is 6.03 Å². The van der Waals surface area contributed by atoms with E-state index >= 15 is 0 Å². The summed E-state index contributed by atoms with van der Waals surface area (Å²) >= 11 is 0. The smallest absolute Gasteiger partial charge is 0.320 e. The number of primary amides is 1. The molecule has 0 saturated heterocycles. The zero-order valence-electron chi connectivity index (χ0n) is 8.31. The number of aliphatic hydroxyl groups excluding tert-OH is 1. The van der Waals surface area contributed by atoms with Gasteiger partial charge in [-0.2, -0.15) is 0 Å². The Kier molecular flexibility index (Phi) is 2.55. The average Bonchev–Trinajstić information content (AvgIpc) is 2.27. The van der Waals surface area contributed by atoms with E-state index in [1.807, 2.05) is 6.07 Å². The van der Waals surface area contributed by atoms with Gasteiger partial charge < -0.3 is 10.8 Å². The number of aliphatic hydroxyl groups is 1. The molecular formula is C10H13N3O2. The van der Waals surface area contributed by atoms with E-state index < -0.39 is 6.03 Å². The third-order valence-electron chi connectivity index (χ3n) is 2.53. The predicted octanol–water partition coefficient (Wildman–Crippen LogP) is 0.405. The van der Waals surface area contributed by atoms with Crippen LogP contribution in [0.4, 0.5) is 10.6 Å². The molecule has 0 spiro atoms. The topological polar surface area (TPSA) is 79.5 Å². The number of hydrogen-bond acceptors (Lipinski definition) is 3. The third-order valence-corrected chi connectivity index (χ3v) is 2.53. The minimum absolute atomic E-state index is 0.0309. The Morgan fingerprint density at radius 3 is 3.13 bits per heavy atom. The second-order valence-electron chi connectivity index (χ2n) is 3.58. The van der Waals surface area contributed by atoms with Crippen molar-refractivity contribution < 1.29 is 9.90 Å². The van der Waals surface area contributed by atoms with Crippen LogP contribution >= 0.6 is 0 Å². The van der Waals surface area contributed by atoms with E-state index in [2.05, 4.69) is 4.98 Å². The number of rotatable bonds is 1. The zero-order valence-corrected chi connectivity index (χ0v) is 8.31. The number of anilines is 1. The van der Waals surface area contributed by atoms with Gasteiger partial charge in [0.05, 0.1) is 6.61 Å². The first-order chi connectivity index (χ1) is 7.22. The van der Waals surface area contributed by atoms with Gasteiger partial charge in [-0.1, -0.05) is 0 Å². The molecule has 2 amide bonds. The maximum absolute atomic E-state index is 11.1. The number of carbonyl (C=O) groups excluding carboxylic acids is 1. The molecule has 1 aliphatic heterocycles. The Balaban J connectivity index is 2.40. The molecule has 0 aromatic carbocycles. The second-order valence-corrected chi connectivity index (χ2v) is 3.58. The molecule has 0 bridgehead atoms. The number of carbonyl (C=O) groups is 1. The van der Waals surface area contributed by atoms with Gasteiger partial charge in [0.15, 0.2) is 0 Å². The summed E-state index contributed by atoms with van der Waals surface area (Å²) in [5.41, 5.74) is 6.99. The van der Waals surface area contributed by atoms with E-state index in [4.69, 9.17) is 10.8 Å². The lowest BCUT2D eigenvalue weighted by Crippen LogP contribution is -2.40. The van der Waals surface area contributed by atoms with Crippen molar-refractivity contribution >= 4 is 11.8 Å². The van der Waals surface area contributed by atoms with Crippen molar-refractivity contribution in [2.24, 2.45) is 5.73 Å². The largest absolute Gasteiger partial charge is 0.392 e. The standard InChI is InChI=1S/C10H13N3O2/c11-10(15)13-3-1-2-8-4-7(6-14)5-12-9(8)13/h4-5,14H,1-3,6H2,(H2,11,15). The van der Waals surface area contributed by atoms with Gasteiger partial charge in [0.25, 0.3) is 0 Å². The van der Waals surface area contributed by atoms with Crippen molar-refractivity contribution in [3.63, 3.8) is 0 Å². The summed E-state index contributed by atoms with van der Waals surface area (Å²) in [6.45, 7) is 0.588. The van der Waals surface area contributed by atoms with Crippen molar-refractivity contribution in [3.05, 3.63) is 23.4 Å². The van der Waals surface area contributed by atoms with Gasteiger partial charge in [0, 0.05) is 12.7 Å². The summed E-state index contributed by atoms with van der Waals surface area (Å²) in [6, 6.07) is 1.40. The number of nitrogens with zero attached hydrogens (tertiary/aromatic N) is 2. The minimum Gasteiger partial charge on any atom is -0.392 e. The lowest BCUT2D eigenvalue weighted by Gasteiger charge is -2.26. The molecule has 2 rings (SSSR count). The maximum Gasteiger partial charge on any atom is 0.320 e. The molecule has 5 heteroatoms. The molecule has 0 radical (unpaired) electrons. The number of aromatic nitrogens is 1. The first-order valence-electron chi connectivity index (χ1n) is 4.88. The number of aryl methyl sites for hydroxylation is 1. The fraction of sp³-hybridized carbons (Fsp3) is 0.400. The highest BCUT2D eigenvalue weighted by Crippen LogP contribution is 2.25. The molecule has 80 valence electrons. The van der Waals surface area contributed by atoms with Crippen LogP contribution in [0.15, 0.2) is 12.3 Å². The van der Waals surface area contributed by atoms with Crippen LogP contribution in [0.3, 0.4) is 0 Å². The highest BCUT2D eigenvalue weighted by molar-refractivity contribution is 5.90. The molecule has 1 aliphatic rings. The minimum atomic E-state index is -0.472. The summed E-state index contributed by atoms with van der Waals surface area (Å²) in [5.74, 6) is 0.631. The second kappa shape index (κ2) is 3.86. The van der Waals surface area contributed by atoms with Gasteiger partial charge in [0.2, 0.25) is 0 Å². The molecule has 0 unspecified atom stereocenters. The molecule has 1 aromatic rings. The number of nitrogens with two attached hydrogens (primary N) is 1. The lowest BCUT2D eigenvalue weighted by molar-refractivity contribution is 0.253. The average molecular weight is 207 g/mol. The third kappa shape index (κ3) is 1.78. The number of pyridine rings is 1. The molecular weight excluding hydrogens is 194 g/mol. The Bertz CT molecular complexity index is 392.